The maximum absolute atomic E-state index is 11.4. The molecule has 0 aromatic heterocycles. The van der Waals surface area contributed by atoms with E-state index in [-0.39, 0.29) is 0 Å². The van der Waals surface area contributed by atoms with Gasteiger partial charge in [-0.2, -0.15) is 0 Å². The van der Waals surface area contributed by atoms with Crippen molar-refractivity contribution in [2.75, 3.05) is 18.0 Å². The second-order valence-electron chi connectivity index (χ2n) is 5.63. The highest BCUT2D eigenvalue weighted by Crippen LogP contribution is 2.32. The molecule has 2 aromatic carbocycles. The van der Waals surface area contributed by atoms with E-state index < -0.39 is 5.97 Å². The topological polar surface area (TPSA) is 40.5 Å². The van der Waals surface area contributed by atoms with Crippen molar-refractivity contribution < 1.29 is 9.90 Å². The third-order valence-corrected chi connectivity index (χ3v) is 4.85. The van der Waals surface area contributed by atoms with Crippen LogP contribution in [0.3, 0.4) is 0 Å². The van der Waals surface area contributed by atoms with E-state index in [1.807, 2.05) is 12.1 Å². The van der Waals surface area contributed by atoms with E-state index in [2.05, 4.69) is 45.1 Å². The number of carboxylic acid groups (broad SMARTS) is 1. The van der Waals surface area contributed by atoms with Gasteiger partial charge in [-0.25, -0.2) is 4.79 Å². The molecule has 0 radical (unpaired) electrons. The number of anilines is 1. The Morgan fingerprint density at radius 2 is 1.68 bits per heavy atom. The number of halogens is 1. The molecule has 3 nitrogen and oxygen atoms in total. The van der Waals surface area contributed by atoms with Crippen molar-refractivity contribution >= 4 is 27.6 Å². The lowest BCUT2D eigenvalue weighted by Gasteiger charge is -2.34. The van der Waals surface area contributed by atoms with E-state index in [1.54, 1.807) is 12.1 Å². The normalized spacial score (nSPS) is 15.8. The van der Waals surface area contributed by atoms with Crippen molar-refractivity contribution in [1.29, 1.82) is 0 Å². The van der Waals surface area contributed by atoms with Gasteiger partial charge in [0.1, 0.15) is 0 Å². The Hall–Kier alpha value is -1.81. The van der Waals surface area contributed by atoms with Crippen LogP contribution < -0.4 is 4.90 Å². The predicted molar refractivity (Wildman–Crippen MR) is 91.7 cm³/mol. The summed E-state index contributed by atoms with van der Waals surface area (Å²) in [6, 6.07) is 15.8. The fourth-order valence-electron chi connectivity index (χ4n) is 3.15. The average Bonchev–Trinajstić information content (AvgIpc) is 2.56. The molecule has 114 valence electrons. The number of carboxylic acids is 1. The molecule has 1 saturated heterocycles. The summed E-state index contributed by atoms with van der Waals surface area (Å²) in [7, 11) is 0. The number of rotatable bonds is 3. The number of benzene rings is 2. The summed E-state index contributed by atoms with van der Waals surface area (Å²) in [6.45, 7) is 1.92. The molecule has 1 aliphatic heterocycles. The maximum Gasteiger partial charge on any atom is 0.335 e. The summed E-state index contributed by atoms with van der Waals surface area (Å²) in [4.78, 5) is 13.7. The minimum atomic E-state index is -0.828. The third-order valence-electron chi connectivity index (χ3n) is 4.32. The van der Waals surface area contributed by atoms with Gasteiger partial charge >= 0.3 is 5.97 Å². The van der Waals surface area contributed by atoms with Crippen molar-refractivity contribution in [3.63, 3.8) is 0 Å². The van der Waals surface area contributed by atoms with E-state index in [4.69, 9.17) is 0 Å². The molecule has 0 atom stereocenters. The second kappa shape index (κ2) is 6.53. The molecule has 0 spiro atoms. The smallest absolute Gasteiger partial charge is 0.335 e. The van der Waals surface area contributed by atoms with Crippen LogP contribution in [0.5, 0.6) is 0 Å². The van der Waals surface area contributed by atoms with Gasteiger partial charge < -0.3 is 10.0 Å². The lowest BCUT2D eigenvalue weighted by Crippen LogP contribution is -2.33. The van der Waals surface area contributed by atoms with Crippen LogP contribution >= 0.6 is 15.9 Å². The molecule has 0 bridgehead atoms. The van der Waals surface area contributed by atoms with Crippen molar-refractivity contribution in [3.05, 3.63) is 64.1 Å². The van der Waals surface area contributed by atoms with Gasteiger partial charge in [0, 0.05) is 23.2 Å². The Labute approximate surface area is 138 Å². The Morgan fingerprint density at radius 3 is 2.32 bits per heavy atom. The van der Waals surface area contributed by atoms with Gasteiger partial charge in [-0.05, 0) is 54.7 Å². The lowest BCUT2D eigenvalue weighted by molar-refractivity contribution is 0.0695. The van der Waals surface area contributed by atoms with E-state index in [0.29, 0.717) is 11.5 Å². The molecule has 3 rings (SSSR count). The lowest BCUT2D eigenvalue weighted by atomic mass is 9.86. The van der Waals surface area contributed by atoms with E-state index in [1.165, 1.54) is 5.69 Å². The van der Waals surface area contributed by atoms with Crippen molar-refractivity contribution in [2.24, 2.45) is 0 Å². The molecule has 1 aliphatic rings. The van der Waals surface area contributed by atoms with Gasteiger partial charge in [-0.1, -0.05) is 34.1 Å². The summed E-state index contributed by atoms with van der Waals surface area (Å²) in [5.74, 6) is -0.495. The maximum atomic E-state index is 11.4. The van der Waals surface area contributed by atoms with Gasteiger partial charge in [-0.3, -0.25) is 0 Å². The monoisotopic (exact) mass is 359 g/mol. The van der Waals surface area contributed by atoms with Crippen LogP contribution in [0.25, 0.3) is 0 Å². The van der Waals surface area contributed by atoms with Crippen LogP contribution in [0.4, 0.5) is 5.69 Å². The standard InChI is InChI=1S/C18H18BrNO2/c19-14-5-7-15(8-6-14)20-11-9-13(10-12-20)16-3-1-2-4-17(16)18(21)22/h1-8,13H,9-12H2,(H,21,22). The highest BCUT2D eigenvalue weighted by atomic mass is 79.9. The number of hydrogen-bond donors (Lipinski definition) is 1. The first-order valence-electron chi connectivity index (χ1n) is 7.48. The zero-order chi connectivity index (χ0) is 15.5. The molecule has 0 amide bonds. The van der Waals surface area contributed by atoms with Gasteiger partial charge in [0.05, 0.1) is 5.56 Å². The van der Waals surface area contributed by atoms with Crippen LogP contribution in [-0.2, 0) is 0 Å². The van der Waals surface area contributed by atoms with Gasteiger partial charge in [0.2, 0.25) is 0 Å². The number of nitrogens with zero attached hydrogens (tertiary/aromatic N) is 1. The Bertz CT molecular complexity index is 661. The summed E-state index contributed by atoms with van der Waals surface area (Å²) in [5.41, 5.74) is 2.66. The summed E-state index contributed by atoms with van der Waals surface area (Å²) in [6.07, 6.45) is 1.97. The molecule has 0 unspecified atom stereocenters. The zero-order valence-corrected chi connectivity index (χ0v) is 13.8. The molecule has 1 fully saturated rings. The van der Waals surface area contributed by atoms with Crippen LogP contribution in [0.2, 0.25) is 0 Å². The first-order valence-corrected chi connectivity index (χ1v) is 8.27. The summed E-state index contributed by atoms with van der Waals surface area (Å²) in [5, 5.41) is 9.34. The van der Waals surface area contributed by atoms with Crippen molar-refractivity contribution in [3.8, 4) is 0 Å². The molecule has 1 N–H and O–H groups in total. The number of aromatic carboxylic acids is 1. The minimum Gasteiger partial charge on any atom is -0.478 e. The molecule has 0 aliphatic carbocycles. The quantitative estimate of drug-likeness (QED) is 0.874. The zero-order valence-electron chi connectivity index (χ0n) is 12.2. The van der Waals surface area contributed by atoms with E-state index in [9.17, 15) is 9.90 Å². The molecule has 2 aromatic rings. The Balaban J connectivity index is 1.72. The van der Waals surface area contributed by atoms with Crippen molar-refractivity contribution in [2.45, 2.75) is 18.8 Å². The van der Waals surface area contributed by atoms with Crippen LogP contribution in [0, 0.1) is 0 Å². The van der Waals surface area contributed by atoms with Gasteiger partial charge in [-0.15, -0.1) is 0 Å². The number of piperidine rings is 1. The van der Waals surface area contributed by atoms with Crippen molar-refractivity contribution in [1.82, 2.24) is 0 Å². The predicted octanol–water partition coefficient (Wildman–Crippen LogP) is 4.53. The Morgan fingerprint density at radius 1 is 1.05 bits per heavy atom. The summed E-state index contributed by atoms with van der Waals surface area (Å²) < 4.78 is 1.08. The van der Waals surface area contributed by atoms with Gasteiger partial charge in [0.25, 0.3) is 0 Å². The fourth-order valence-corrected chi connectivity index (χ4v) is 3.41. The highest BCUT2D eigenvalue weighted by molar-refractivity contribution is 9.10. The SMILES string of the molecule is O=C(O)c1ccccc1C1CCN(c2ccc(Br)cc2)CC1. The number of hydrogen-bond acceptors (Lipinski definition) is 2. The summed E-state index contributed by atoms with van der Waals surface area (Å²) >= 11 is 3.46. The van der Waals surface area contributed by atoms with Crippen LogP contribution in [0.1, 0.15) is 34.7 Å². The van der Waals surface area contributed by atoms with E-state index >= 15 is 0 Å². The van der Waals surface area contributed by atoms with Crippen LogP contribution in [-0.4, -0.2) is 24.2 Å². The second-order valence-corrected chi connectivity index (χ2v) is 6.55. The van der Waals surface area contributed by atoms with E-state index in [0.717, 1.165) is 36.0 Å². The first-order chi connectivity index (χ1) is 10.6. The minimum absolute atomic E-state index is 0.332. The molecule has 1 heterocycles. The Kier molecular flexibility index (Phi) is 4.48. The fraction of sp³-hybridized carbons (Fsp3) is 0.278. The first kappa shape index (κ1) is 15.1. The largest absolute Gasteiger partial charge is 0.478 e. The van der Waals surface area contributed by atoms with Crippen LogP contribution in [0.15, 0.2) is 53.0 Å². The molecule has 4 heteroatoms. The molecular formula is C18H18BrNO2. The third kappa shape index (κ3) is 3.17. The molecule has 22 heavy (non-hydrogen) atoms. The highest BCUT2D eigenvalue weighted by Gasteiger charge is 2.24. The average molecular weight is 360 g/mol. The molecular weight excluding hydrogens is 342 g/mol. The number of carbonyl (C=O) groups is 1. The molecule has 0 saturated carbocycles. The van der Waals surface area contributed by atoms with Gasteiger partial charge in [0.15, 0.2) is 0 Å².